The largest absolute Gasteiger partial charge is 0.573 e. The first-order valence-corrected chi connectivity index (χ1v) is 7.63. The maximum atomic E-state index is 12.7. The first-order valence-electron chi connectivity index (χ1n) is 6.55. The Hall–Kier alpha value is -2.57. The Morgan fingerprint density at radius 2 is 1.80 bits per heavy atom. The van der Waals surface area contributed by atoms with Crippen LogP contribution in [0.3, 0.4) is 0 Å². The van der Waals surface area contributed by atoms with Gasteiger partial charge in [-0.1, -0.05) is 0 Å². The van der Waals surface area contributed by atoms with E-state index in [1.165, 1.54) is 12.1 Å². The number of pyridine rings is 1. The molecule has 3 rings (SSSR count). The number of imide groups is 1. The quantitative estimate of drug-likeness (QED) is 0.521. The number of benzene rings is 1. The van der Waals surface area contributed by atoms with E-state index in [-0.39, 0.29) is 16.8 Å². The number of hydrogen-bond acceptors (Lipinski definition) is 5. The van der Waals surface area contributed by atoms with E-state index in [0.717, 1.165) is 12.1 Å². The van der Waals surface area contributed by atoms with Gasteiger partial charge in [0.05, 0.1) is 16.8 Å². The van der Waals surface area contributed by atoms with Gasteiger partial charge in [0.1, 0.15) is 5.82 Å². The number of fused-ring (bicyclic) bond motifs is 1. The highest BCUT2D eigenvalue weighted by molar-refractivity contribution is 14.1. The van der Waals surface area contributed by atoms with E-state index in [0.29, 0.717) is 8.14 Å². The minimum atomic E-state index is -5.00. The molecule has 1 aliphatic rings. The number of hydrogen-bond donors (Lipinski definition) is 2. The number of anilines is 1. The first kappa shape index (κ1) is 17.3. The van der Waals surface area contributed by atoms with Gasteiger partial charge in [0.15, 0.2) is 5.75 Å². The second-order valence-corrected chi connectivity index (χ2v) is 6.18. The Labute approximate surface area is 150 Å². The van der Waals surface area contributed by atoms with E-state index < -0.39 is 35.3 Å². The van der Waals surface area contributed by atoms with Crippen molar-refractivity contribution in [1.29, 1.82) is 0 Å². The van der Waals surface area contributed by atoms with Crippen LogP contribution in [0.5, 0.6) is 5.75 Å². The third-order valence-electron chi connectivity index (χ3n) is 3.34. The van der Waals surface area contributed by atoms with Gasteiger partial charge >= 0.3 is 6.36 Å². The molecule has 0 saturated heterocycles. The van der Waals surface area contributed by atoms with Crippen molar-refractivity contribution in [2.75, 3.05) is 5.73 Å². The molecule has 0 aliphatic carbocycles. The lowest BCUT2D eigenvalue weighted by Gasteiger charge is -2.17. The fraction of sp³-hybridized carbons (Fsp3) is 0.0714. The van der Waals surface area contributed by atoms with Crippen LogP contribution in [0.1, 0.15) is 20.7 Å². The standard InChI is InChI=1S/C14H7F3IN3O4/c15-14(16,17)25-8-3-5(18)1-2-7(8)21-9(22)4-6-10(11(21)19)13(24)20-12(6)23/h1-4H,19H2,(H,20,23,24). The van der Waals surface area contributed by atoms with Gasteiger partial charge in [-0.25, -0.2) is 0 Å². The summed E-state index contributed by atoms with van der Waals surface area (Å²) >= 11 is 1.77. The molecule has 0 radical (unpaired) electrons. The number of rotatable bonds is 2. The van der Waals surface area contributed by atoms with E-state index >= 15 is 0 Å². The molecule has 0 atom stereocenters. The molecule has 130 valence electrons. The second kappa shape index (κ2) is 5.75. The molecule has 0 bridgehead atoms. The van der Waals surface area contributed by atoms with Crippen LogP contribution >= 0.6 is 22.6 Å². The highest BCUT2D eigenvalue weighted by Crippen LogP contribution is 2.32. The van der Waals surface area contributed by atoms with E-state index in [1.807, 2.05) is 5.32 Å². The first-order chi connectivity index (χ1) is 11.6. The van der Waals surface area contributed by atoms with Gasteiger partial charge in [-0.2, -0.15) is 0 Å². The number of alkyl halides is 3. The van der Waals surface area contributed by atoms with E-state index in [2.05, 4.69) is 4.74 Å². The molecule has 2 amide bonds. The number of aromatic nitrogens is 1. The van der Waals surface area contributed by atoms with Crippen LogP contribution in [0.2, 0.25) is 0 Å². The monoisotopic (exact) mass is 465 g/mol. The van der Waals surface area contributed by atoms with Crippen LogP contribution < -0.4 is 21.3 Å². The number of nitrogens with two attached hydrogens (primary N) is 1. The van der Waals surface area contributed by atoms with Crippen molar-refractivity contribution in [3.05, 3.63) is 49.3 Å². The summed E-state index contributed by atoms with van der Waals surface area (Å²) in [6.45, 7) is 0. The third-order valence-corrected chi connectivity index (χ3v) is 4.01. The Morgan fingerprint density at radius 1 is 1.12 bits per heavy atom. The molecule has 11 heteroatoms. The number of nitrogens with one attached hydrogen (secondary N) is 1. The van der Waals surface area contributed by atoms with Crippen molar-refractivity contribution in [3.63, 3.8) is 0 Å². The fourth-order valence-corrected chi connectivity index (χ4v) is 2.87. The Bertz CT molecular complexity index is 985. The zero-order valence-corrected chi connectivity index (χ0v) is 14.1. The second-order valence-electron chi connectivity index (χ2n) is 4.93. The number of halogens is 4. The number of ether oxygens (including phenoxy) is 1. The third kappa shape index (κ3) is 3.06. The average Bonchev–Trinajstić information content (AvgIpc) is 2.74. The van der Waals surface area contributed by atoms with Crippen LogP contribution in [-0.2, 0) is 0 Å². The SMILES string of the molecule is Nc1c2c(cc(=O)n1-c1ccc(I)cc1OC(F)(F)F)C(=O)NC2=O. The number of nitrogen functional groups attached to an aromatic ring is 1. The predicted molar refractivity (Wildman–Crippen MR) is 87.6 cm³/mol. The van der Waals surface area contributed by atoms with Gasteiger partial charge in [-0.3, -0.25) is 24.3 Å². The number of carbonyl (C=O) groups excluding carboxylic acids is 2. The number of carbonyl (C=O) groups is 2. The van der Waals surface area contributed by atoms with Crippen molar-refractivity contribution in [2.45, 2.75) is 6.36 Å². The molecule has 7 nitrogen and oxygen atoms in total. The minimum absolute atomic E-state index is 0.229. The van der Waals surface area contributed by atoms with Gasteiger partial charge in [0, 0.05) is 9.64 Å². The Balaban J connectivity index is 2.29. The average molecular weight is 465 g/mol. The molecule has 1 aromatic heterocycles. The van der Waals surface area contributed by atoms with Crippen LogP contribution in [0, 0.1) is 3.57 Å². The predicted octanol–water partition coefficient (Wildman–Crippen LogP) is 1.81. The fourth-order valence-electron chi connectivity index (χ4n) is 2.41. The molecule has 3 N–H and O–H groups in total. The number of amides is 2. The molecule has 2 aromatic rings. The van der Waals surface area contributed by atoms with E-state index in [1.54, 1.807) is 22.6 Å². The van der Waals surface area contributed by atoms with Gasteiger partial charge in [0.2, 0.25) is 0 Å². The Morgan fingerprint density at radius 3 is 2.44 bits per heavy atom. The van der Waals surface area contributed by atoms with Crippen LogP contribution in [-0.4, -0.2) is 22.7 Å². The van der Waals surface area contributed by atoms with Crippen LogP contribution in [0.4, 0.5) is 19.0 Å². The van der Waals surface area contributed by atoms with E-state index in [4.69, 9.17) is 5.73 Å². The molecular weight excluding hydrogens is 458 g/mol. The van der Waals surface area contributed by atoms with Gasteiger partial charge in [0.25, 0.3) is 17.4 Å². The molecule has 25 heavy (non-hydrogen) atoms. The maximum Gasteiger partial charge on any atom is 0.573 e. The molecule has 0 saturated carbocycles. The van der Waals surface area contributed by atoms with Crippen molar-refractivity contribution in [1.82, 2.24) is 9.88 Å². The zero-order chi connectivity index (χ0) is 18.5. The summed E-state index contributed by atoms with van der Waals surface area (Å²) in [4.78, 5) is 35.7. The molecule has 1 aliphatic heterocycles. The summed E-state index contributed by atoms with van der Waals surface area (Å²) < 4.78 is 43.0. The highest BCUT2D eigenvalue weighted by atomic mass is 127. The molecule has 0 unspecified atom stereocenters. The molecule has 0 fully saturated rings. The lowest BCUT2D eigenvalue weighted by molar-refractivity contribution is -0.274. The summed E-state index contributed by atoms with van der Waals surface area (Å²) in [7, 11) is 0. The topological polar surface area (TPSA) is 103 Å². The summed E-state index contributed by atoms with van der Waals surface area (Å²) in [6, 6.07) is 4.53. The summed E-state index contributed by atoms with van der Waals surface area (Å²) in [5.74, 6) is -2.77. The summed E-state index contributed by atoms with van der Waals surface area (Å²) in [5, 5.41) is 1.97. The van der Waals surface area contributed by atoms with Crippen molar-refractivity contribution in [2.24, 2.45) is 0 Å². The molecule has 1 aromatic carbocycles. The maximum absolute atomic E-state index is 12.7. The van der Waals surface area contributed by atoms with Crippen molar-refractivity contribution < 1.29 is 27.5 Å². The van der Waals surface area contributed by atoms with Crippen LogP contribution in [0.25, 0.3) is 5.69 Å². The van der Waals surface area contributed by atoms with Gasteiger partial charge < -0.3 is 10.5 Å². The van der Waals surface area contributed by atoms with Crippen molar-refractivity contribution in [3.8, 4) is 11.4 Å². The number of nitrogens with zero attached hydrogens (tertiary/aromatic N) is 1. The molecular formula is C14H7F3IN3O4. The summed E-state index contributed by atoms with van der Waals surface area (Å²) in [5.41, 5.74) is 4.11. The lowest BCUT2D eigenvalue weighted by Crippen LogP contribution is -2.26. The van der Waals surface area contributed by atoms with Gasteiger partial charge in [-0.05, 0) is 40.8 Å². The minimum Gasteiger partial charge on any atom is -0.404 e. The normalized spacial score (nSPS) is 13.6. The van der Waals surface area contributed by atoms with Crippen LogP contribution in [0.15, 0.2) is 29.1 Å². The van der Waals surface area contributed by atoms with Gasteiger partial charge in [-0.15, -0.1) is 13.2 Å². The zero-order valence-electron chi connectivity index (χ0n) is 12.0. The van der Waals surface area contributed by atoms with Crippen molar-refractivity contribution >= 4 is 40.2 Å². The molecule has 2 heterocycles. The summed E-state index contributed by atoms with van der Waals surface area (Å²) in [6.07, 6.45) is -5.00. The smallest absolute Gasteiger partial charge is 0.404 e. The highest BCUT2D eigenvalue weighted by Gasteiger charge is 2.35. The lowest BCUT2D eigenvalue weighted by atomic mass is 10.1. The van der Waals surface area contributed by atoms with E-state index in [9.17, 15) is 27.6 Å². The molecule has 0 spiro atoms. The Kier molecular flexibility index (Phi) is 3.97.